The zero-order valence-electron chi connectivity index (χ0n) is 5.53. The van der Waals surface area contributed by atoms with Crippen LogP contribution in [-0.2, 0) is 0 Å². The maximum absolute atomic E-state index is 12.4. The zero-order chi connectivity index (χ0) is 6.91. The van der Waals surface area contributed by atoms with Gasteiger partial charge in [0, 0.05) is 12.3 Å². The summed E-state index contributed by atoms with van der Waals surface area (Å²) in [5, 5.41) is 0. The Morgan fingerprint density at radius 1 is 1.67 bits per heavy atom. The molecule has 1 saturated carbocycles. The van der Waals surface area contributed by atoms with Gasteiger partial charge < -0.3 is 0 Å². The minimum absolute atomic E-state index is 0.0914. The second-order valence-corrected chi connectivity index (χ2v) is 2.55. The molecule has 0 aromatic carbocycles. The lowest BCUT2D eigenvalue weighted by Crippen LogP contribution is -2.38. The van der Waals surface area contributed by atoms with Gasteiger partial charge in [0.05, 0.1) is 0 Å². The second-order valence-electron chi connectivity index (χ2n) is 2.55. The second kappa shape index (κ2) is 2.24. The molecule has 0 bridgehead atoms. The summed E-state index contributed by atoms with van der Waals surface area (Å²) in [7, 11) is 0. The highest BCUT2D eigenvalue weighted by Crippen LogP contribution is 2.45. The van der Waals surface area contributed by atoms with E-state index >= 15 is 0 Å². The van der Waals surface area contributed by atoms with Gasteiger partial charge in [0.2, 0.25) is 0 Å². The van der Waals surface area contributed by atoms with Gasteiger partial charge in [-0.2, -0.15) is 0 Å². The van der Waals surface area contributed by atoms with Crippen molar-refractivity contribution in [1.29, 1.82) is 0 Å². The molecule has 0 heterocycles. The lowest BCUT2D eigenvalue weighted by atomic mass is 9.78. The van der Waals surface area contributed by atoms with Crippen LogP contribution in [0.2, 0.25) is 0 Å². The van der Waals surface area contributed by atoms with Crippen LogP contribution < -0.4 is 0 Å². The van der Waals surface area contributed by atoms with Gasteiger partial charge in [0.25, 0.3) is 5.92 Å². The number of hydrogen-bond donors (Lipinski definition) is 0. The molecule has 1 aliphatic rings. The average molecular weight is 133 g/mol. The van der Waals surface area contributed by atoms with Gasteiger partial charge in [-0.15, -0.1) is 0 Å². The standard InChI is InChI=1S/C7H11F2/c1-2-3-6-4-5-7(6,8)9/h3,6H,2,4-5H2,1H3. The lowest BCUT2D eigenvalue weighted by Gasteiger charge is -2.35. The topological polar surface area (TPSA) is 0 Å². The molecule has 9 heavy (non-hydrogen) atoms. The fourth-order valence-corrected chi connectivity index (χ4v) is 1.10. The van der Waals surface area contributed by atoms with Gasteiger partial charge in [-0.1, -0.05) is 13.3 Å². The number of rotatable bonds is 2. The molecule has 1 rings (SSSR count). The summed E-state index contributed by atoms with van der Waals surface area (Å²) in [6.07, 6.45) is 3.25. The first-order chi connectivity index (χ1) is 4.17. The molecule has 0 aromatic rings. The normalized spacial score (nSPS) is 31.7. The van der Waals surface area contributed by atoms with Crippen LogP contribution >= 0.6 is 0 Å². The third kappa shape index (κ3) is 1.22. The number of halogens is 2. The van der Waals surface area contributed by atoms with Gasteiger partial charge >= 0.3 is 0 Å². The van der Waals surface area contributed by atoms with Gasteiger partial charge in [-0.3, -0.25) is 0 Å². The molecule has 1 fully saturated rings. The fraction of sp³-hybridized carbons (Fsp3) is 0.857. The zero-order valence-corrected chi connectivity index (χ0v) is 5.53. The fourth-order valence-electron chi connectivity index (χ4n) is 1.10. The Hall–Kier alpha value is -0.140. The average Bonchev–Trinajstić information content (AvgIpc) is 1.81. The predicted octanol–water partition coefficient (Wildman–Crippen LogP) is 2.65. The van der Waals surface area contributed by atoms with E-state index < -0.39 is 11.8 Å². The smallest absolute Gasteiger partial charge is 0.207 e. The summed E-state index contributed by atoms with van der Waals surface area (Å²) >= 11 is 0. The van der Waals surface area contributed by atoms with E-state index in [0.29, 0.717) is 6.42 Å². The molecule has 0 spiro atoms. The third-order valence-corrected chi connectivity index (χ3v) is 1.85. The maximum atomic E-state index is 12.4. The van der Waals surface area contributed by atoms with Crippen molar-refractivity contribution in [3.63, 3.8) is 0 Å². The quantitative estimate of drug-likeness (QED) is 0.543. The molecule has 53 valence electrons. The lowest BCUT2D eigenvalue weighted by molar-refractivity contribution is -0.118. The minimum atomic E-state index is -2.37. The van der Waals surface area contributed by atoms with Crippen molar-refractivity contribution in [2.45, 2.75) is 32.1 Å². The van der Waals surface area contributed by atoms with Crippen molar-refractivity contribution in [1.82, 2.24) is 0 Å². The Balaban J connectivity index is 2.28. The molecular weight excluding hydrogens is 122 g/mol. The van der Waals surface area contributed by atoms with Crippen LogP contribution in [0.1, 0.15) is 26.2 Å². The van der Waals surface area contributed by atoms with E-state index in [1.54, 1.807) is 6.42 Å². The van der Waals surface area contributed by atoms with Gasteiger partial charge in [-0.25, -0.2) is 8.78 Å². The Bertz CT molecular complexity index is 99.1. The Morgan fingerprint density at radius 3 is 2.44 bits per heavy atom. The first kappa shape index (κ1) is 6.97. The summed E-state index contributed by atoms with van der Waals surface area (Å²) in [6, 6.07) is 0. The predicted molar refractivity (Wildman–Crippen MR) is 32.3 cm³/mol. The van der Waals surface area contributed by atoms with E-state index in [1.165, 1.54) is 0 Å². The van der Waals surface area contributed by atoms with E-state index in [-0.39, 0.29) is 6.42 Å². The van der Waals surface area contributed by atoms with Crippen LogP contribution in [0.25, 0.3) is 0 Å². The molecule has 2 heteroatoms. The van der Waals surface area contributed by atoms with E-state index in [2.05, 4.69) is 0 Å². The Kier molecular flexibility index (Phi) is 1.73. The molecule has 0 N–H and O–H groups in total. The summed E-state index contributed by atoms with van der Waals surface area (Å²) in [6.45, 7) is 1.90. The Labute approximate surface area is 54.3 Å². The molecule has 0 aliphatic heterocycles. The molecule has 0 saturated heterocycles. The first-order valence-corrected chi connectivity index (χ1v) is 3.38. The summed E-state index contributed by atoms with van der Waals surface area (Å²) in [5.41, 5.74) is 0. The highest BCUT2D eigenvalue weighted by molar-refractivity contribution is 4.95. The molecule has 1 atom stereocenters. The van der Waals surface area contributed by atoms with E-state index in [0.717, 1.165) is 6.42 Å². The van der Waals surface area contributed by atoms with Crippen LogP contribution in [0.15, 0.2) is 0 Å². The summed E-state index contributed by atoms with van der Waals surface area (Å²) in [5.74, 6) is -2.78. The number of alkyl halides is 2. The molecule has 0 nitrogen and oxygen atoms in total. The Morgan fingerprint density at radius 2 is 2.33 bits per heavy atom. The van der Waals surface area contributed by atoms with E-state index in [4.69, 9.17) is 0 Å². The maximum Gasteiger partial charge on any atom is 0.251 e. The number of hydrogen-bond acceptors (Lipinski definition) is 0. The van der Waals surface area contributed by atoms with E-state index in [1.807, 2.05) is 6.92 Å². The van der Waals surface area contributed by atoms with Crippen molar-refractivity contribution in [2.24, 2.45) is 5.92 Å². The molecule has 0 aromatic heterocycles. The van der Waals surface area contributed by atoms with Gasteiger partial charge in [0.15, 0.2) is 0 Å². The minimum Gasteiger partial charge on any atom is -0.207 e. The summed E-state index contributed by atoms with van der Waals surface area (Å²) < 4.78 is 24.7. The summed E-state index contributed by atoms with van der Waals surface area (Å²) in [4.78, 5) is 0. The molecule has 1 radical (unpaired) electrons. The highest BCUT2D eigenvalue weighted by Gasteiger charge is 2.47. The van der Waals surface area contributed by atoms with Crippen LogP contribution in [0, 0.1) is 12.3 Å². The van der Waals surface area contributed by atoms with Crippen molar-refractivity contribution < 1.29 is 8.78 Å². The largest absolute Gasteiger partial charge is 0.251 e. The van der Waals surface area contributed by atoms with E-state index in [9.17, 15) is 8.78 Å². The monoisotopic (exact) mass is 133 g/mol. The van der Waals surface area contributed by atoms with Crippen molar-refractivity contribution >= 4 is 0 Å². The SMILES string of the molecule is CC[CH]C1CCC1(F)F. The van der Waals surface area contributed by atoms with Crippen LogP contribution in [0.5, 0.6) is 0 Å². The van der Waals surface area contributed by atoms with Crippen molar-refractivity contribution in [3.05, 3.63) is 6.42 Å². The molecule has 1 unspecified atom stereocenters. The molecule has 0 amide bonds. The molecular formula is C7H11F2. The van der Waals surface area contributed by atoms with Crippen LogP contribution in [0.4, 0.5) is 8.78 Å². The van der Waals surface area contributed by atoms with Crippen LogP contribution in [-0.4, -0.2) is 5.92 Å². The first-order valence-electron chi connectivity index (χ1n) is 3.38. The third-order valence-electron chi connectivity index (χ3n) is 1.85. The molecule has 1 aliphatic carbocycles. The van der Waals surface area contributed by atoms with Gasteiger partial charge in [0.1, 0.15) is 0 Å². The van der Waals surface area contributed by atoms with Crippen molar-refractivity contribution in [2.75, 3.05) is 0 Å². The van der Waals surface area contributed by atoms with Crippen LogP contribution in [0.3, 0.4) is 0 Å². The van der Waals surface area contributed by atoms with Crippen molar-refractivity contribution in [3.8, 4) is 0 Å². The highest BCUT2D eigenvalue weighted by atomic mass is 19.3. The van der Waals surface area contributed by atoms with Gasteiger partial charge in [-0.05, 0) is 12.8 Å².